The van der Waals surface area contributed by atoms with Crippen LogP contribution in [0.4, 0.5) is 5.69 Å². The molecule has 3 fully saturated rings. The number of hydrogen-bond donors (Lipinski definition) is 0. The van der Waals surface area contributed by atoms with Crippen molar-refractivity contribution in [1.82, 2.24) is 0 Å². The zero-order valence-corrected chi connectivity index (χ0v) is 20.0. The van der Waals surface area contributed by atoms with Crippen molar-refractivity contribution in [3.8, 4) is 11.1 Å². The van der Waals surface area contributed by atoms with Gasteiger partial charge in [-0.2, -0.15) is 4.99 Å². The van der Waals surface area contributed by atoms with Gasteiger partial charge in [-0.1, -0.05) is 69.0 Å². The van der Waals surface area contributed by atoms with Gasteiger partial charge in [-0.15, -0.1) is 0 Å². The summed E-state index contributed by atoms with van der Waals surface area (Å²) in [6, 6.07) is 17.4. The van der Waals surface area contributed by atoms with E-state index in [-0.39, 0.29) is 0 Å². The molecule has 0 amide bonds. The van der Waals surface area contributed by atoms with E-state index >= 15 is 0 Å². The third-order valence-electron chi connectivity index (χ3n) is 8.41. The van der Waals surface area contributed by atoms with Crippen molar-refractivity contribution < 1.29 is 0 Å². The van der Waals surface area contributed by atoms with Gasteiger partial charge < -0.3 is 0 Å². The number of rotatable bonds is 10. The predicted octanol–water partition coefficient (Wildman–Crippen LogP) is 9.33. The van der Waals surface area contributed by atoms with Crippen LogP contribution < -0.4 is 0 Å². The zero-order chi connectivity index (χ0) is 21.6. The van der Waals surface area contributed by atoms with Crippen molar-refractivity contribution in [2.45, 2.75) is 90.4 Å². The molecule has 0 saturated heterocycles. The van der Waals surface area contributed by atoms with Gasteiger partial charge in [0.05, 0.1) is 10.8 Å². The van der Waals surface area contributed by atoms with Gasteiger partial charge in [-0.25, -0.2) is 0 Å². The maximum atomic E-state index is 4.72. The third kappa shape index (κ3) is 5.36. The van der Waals surface area contributed by atoms with Gasteiger partial charge in [0, 0.05) is 0 Å². The van der Waals surface area contributed by atoms with Crippen LogP contribution in [-0.4, -0.2) is 5.16 Å². The quantitative estimate of drug-likeness (QED) is 0.207. The monoisotopic (exact) mass is 431 g/mol. The van der Waals surface area contributed by atoms with E-state index in [4.69, 9.17) is 12.2 Å². The lowest BCUT2D eigenvalue weighted by molar-refractivity contribution is -0.0204. The van der Waals surface area contributed by atoms with Gasteiger partial charge in [0.15, 0.2) is 0 Å². The van der Waals surface area contributed by atoms with E-state index in [2.05, 4.69) is 53.5 Å². The summed E-state index contributed by atoms with van der Waals surface area (Å²) in [7, 11) is 0. The number of aliphatic imine (C=N–C) groups is 1. The van der Waals surface area contributed by atoms with Crippen LogP contribution in [0.2, 0.25) is 0 Å². The smallest absolute Gasteiger partial charge is 0.0739 e. The molecular formula is C29H37NS. The molecule has 2 bridgehead atoms. The van der Waals surface area contributed by atoms with Gasteiger partial charge in [0.1, 0.15) is 0 Å². The molecule has 0 atom stereocenters. The molecule has 5 rings (SSSR count). The number of hydrogen-bond acceptors (Lipinski definition) is 2. The highest BCUT2D eigenvalue weighted by Gasteiger charge is 2.47. The molecule has 0 heterocycles. The molecule has 3 aliphatic carbocycles. The Morgan fingerprint density at radius 3 is 2.10 bits per heavy atom. The van der Waals surface area contributed by atoms with Gasteiger partial charge in [0.25, 0.3) is 0 Å². The van der Waals surface area contributed by atoms with Crippen LogP contribution in [0.25, 0.3) is 11.1 Å². The van der Waals surface area contributed by atoms with Gasteiger partial charge in [-0.05, 0) is 110 Å². The molecule has 2 aromatic rings. The zero-order valence-electron chi connectivity index (χ0n) is 19.2. The van der Waals surface area contributed by atoms with E-state index in [0.29, 0.717) is 10.8 Å². The highest BCUT2D eigenvalue weighted by Crippen LogP contribution is 2.60. The summed E-state index contributed by atoms with van der Waals surface area (Å²) < 4.78 is 0. The summed E-state index contributed by atoms with van der Waals surface area (Å²) in [5.41, 5.74) is 6.32. The lowest BCUT2D eigenvalue weighted by Gasteiger charge is -2.54. The molecule has 3 aliphatic rings. The molecule has 0 unspecified atom stereocenters. The fraction of sp³-hybridized carbons (Fsp3) is 0.552. The normalized spacial score (nSPS) is 24.7. The highest BCUT2D eigenvalue weighted by molar-refractivity contribution is 7.78. The Morgan fingerprint density at radius 2 is 1.45 bits per heavy atom. The number of unbranched alkanes of at least 4 members (excludes halogenated alkanes) is 3. The Balaban J connectivity index is 1.38. The second-order valence-electron chi connectivity index (χ2n) is 10.2. The molecule has 1 nitrogen and oxygen atoms in total. The van der Waals surface area contributed by atoms with Crippen molar-refractivity contribution in [1.29, 1.82) is 0 Å². The van der Waals surface area contributed by atoms with E-state index < -0.39 is 0 Å². The third-order valence-corrected chi connectivity index (χ3v) is 8.50. The van der Waals surface area contributed by atoms with Gasteiger partial charge in [0.2, 0.25) is 0 Å². The number of benzene rings is 2. The Kier molecular flexibility index (Phi) is 7.41. The van der Waals surface area contributed by atoms with Gasteiger partial charge >= 0.3 is 0 Å². The maximum absolute atomic E-state index is 4.72. The molecule has 2 aromatic carbocycles. The van der Waals surface area contributed by atoms with Crippen LogP contribution in [-0.2, 0) is 6.42 Å². The molecule has 3 saturated carbocycles. The molecule has 2 heteroatoms. The Bertz CT molecular complexity index is 882. The van der Waals surface area contributed by atoms with Gasteiger partial charge in [-0.3, -0.25) is 0 Å². The van der Waals surface area contributed by atoms with E-state index in [1.54, 1.807) is 0 Å². The van der Waals surface area contributed by atoms with Crippen molar-refractivity contribution in [2.24, 2.45) is 15.8 Å². The van der Waals surface area contributed by atoms with Crippen LogP contribution in [0.1, 0.15) is 89.5 Å². The summed E-state index contributed by atoms with van der Waals surface area (Å²) in [5, 5.41) is 2.45. The lowest BCUT2D eigenvalue weighted by atomic mass is 9.51. The van der Waals surface area contributed by atoms with Crippen LogP contribution in [0, 0.1) is 10.8 Å². The summed E-state index contributed by atoms with van der Waals surface area (Å²) in [4.78, 5) is 4.08. The summed E-state index contributed by atoms with van der Waals surface area (Å²) in [6.45, 7) is 2.32. The van der Waals surface area contributed by atoms with Crippen LogP contribution in [0.3, 0.4) is 0 Å². The molecular weight excluding hydrogens is 394 g/mol. The fourth-order valence-electron chi connectivity index (χ4n) is 6.21. The Morgan fingerprint density at radius 1 is 0.806 bits per heavy atom. The van der Waals surface area contributed by atoms with E-state index in [0.717, 1.165) is 5.69 Å². The number of nitrogens with zero attached hydrogens (tertiary/aromatic N) is 1. The first-order valence-electron chi connectivity index (χ1n) is 12.4. The van der Waals surface area contributed by atoms with Crippen LogP contribution >= 0.6 is 12.2 Å². The molecule has 0 aliphatic heterocycles. The van der Waals surface area contributed by atoms with E-state index in [1.807, 2.05) is 12.1 Å². The SMILES string of the molecule is CCCCCCC12CCC(CCc3ccccc3-c3ccc(N=C=S)cc3)(CC1)CC2. The van der Waals surface area contributed by atoms with Crippen LogP contribution in [0.5, 0.6) is 0 Å². The summed E-state index contributed by atoms with van der Waals surface area (Å²) in [6.07, 6.45) is 18.6. The number of fused-ring (bicyclic) bond motifs is 3. The van der Waals surface area contributed by atoms with Crippen molar-refractivity contribution >= 4 is 23.1 Å². The van der Waals surface area contributed by atoms with Crippen LogP contribution in [0.15, 0.2) is 53.5 Å². The minimum Gasteiger partial charge on any atom is -0.195 e. The topological polar surface area (TPSA) is 12.4 Å². The molecule has 0 aromatic heterocycles. The largest absolute Gasteiger partial charge is 0.195 e. The average molecular weight is 432 g/mol. The summed E-state index contributed by atoms with van der Waals surface area (Å²) >= 11 is 4.72. The first kappa shape index (κ1) is 22.4. The minimum absolute atomic E-state index is 0.607. The summed E-state index contributed by atoms with van der Waals surface area (Å²) in [5.74, 6) is 0. The second kappa shape index (κ2) is 10.2. The molecule has 31 heavy (non-hydrogen) atoms. The number of thiocarbonyl (C=S) groups is 1. The van der Waals surface area contributed by atoms with Crippen molar-refractivity contribution in [3.63, 3.8) is 0 Å². The van der Waals surface area contributed by atoms with E-state index in [1.165, 1.54) is 100 Å². The molecule has 0 spiro atoms. The predicted molar refractivity (Wildman–Crippen MR) is 136 cm³/mol. The minimum atomic E-state index is 0.607. The molecule has 0 N–H and O–H groups in total. The van der Waals surface area contributed by atoms with Crippen molar-refractivity contribution in [3.05, 3.63) is 54.1 Å². The van der Waals surface area contributed by atoms with Crippen molar-refractivity contribution in [2.75, 3.05) is 0 Å². The molecule has 164 valence electrons. The Hall–Kier alpha value is -1.76. The number of isothiocyanates is 1. The maximum Gasteiger partial charge on any atom is 0.0739 e. The fourth-order valence-corrected chi connectivity index (χ4v) is 6.31. The van der Waals surface area contributed by atoms with E-state index in [9.17, 15) is 0 Å². The first-order valence-corrected chi connectivity index (χ1v) is 12.8. The lowest BCUT2D eigenvalue weighted by Crippen LogP contribution is -2.41. The first-order chi connectivity index (χ1) is 15.2. The Labute approximate surface area is 194 Å². The standard InChI is InChI=1S/C29H37NS/c1-2-3-4-7-15-28-17-20-29(21-18-28,22-19-28)16-14-24-8-5-6-9-27(24)25-10-12-26(13-11-25)30-23-31/h5-6,8-13H,2-4,7,14-22H2,1H3. The molecule has 0 radical (unpaired) electrons. The number of aryl methyl sites for hydroxylation is 1. The average Bonchev–Trinajstić information content (AvgIpc) is 2.83. The second-order valence-corrected chi connectivity index (χ2v) is 10.4. The highest BCUT2D eigenvalue weighted by atomic mass is 32.1.